The molecular weight excluding hydrogens is 366 g/mol. The first-order valence-corrected chi connectivity index (χ1v) is 8.46. The molecule has 0 fully saturated rings. The molecule has 3 rings (SSSR count). The Balaban J connectivity index is 2.05. The molecule has 0 radical (unpaired) electrons. The van der Waals surface area contributed by atoms with E-state index in [-0.39, 0.29) is 17.2 Å². The fourth-order valence-corrected chi connectivity index (χ4v) is 3.31. The van der Waals surface area contributed by atoms with Crippen LogP contribution in [0.1, 0.15) is 27.6 Å². The lowest BCUT2D eigenvalue weighted by molar-refractivity contribution is 0.0528. The Morgan fingerprint density at radius 2 is 2.12 bits per heavy atom. The van der Waals surface area contributed by atoms with Crippen molar-refractivity contribution in [2.75, 3.05) is 11.9 Å². The number of carbonyl (C=O) groups is 2. The first-order chi connectivity index (χ1) is 12.0. The van der Waals surface area contributed by atoms with E-state index < -0.39 is 11.9 Å². The lowest BCUT2D eigenvalue weighted by atomic mass is 10.2. The number of fused-ring (bicyclic) bond motifs is 1. The highest BCUT2D eigenvalue weighted by molar-refractivity contribution is 7.17. The van der Waals surface area contributed by atoms with Gasteiger partial charge in [-0.05, 0) is 25.1 Å². The van der Waals surface area contributed by atoms with Crippen molar-refractivity contribution >= 4 is 56.6 Å². The fourth-order valence-electron chi connectivity index (χ4n) is 2.23. The number of halogens is 1. The van der Waals surface area contributed by atoms with Crippen LogP contribution in [-0.4, -0.2) is 33.6 Å². The summed E-state index contributed by atoms with van der Waals surface area (Å²) < 4.78 is 5.06. The van der Waals surface area contributed by atoms with Gasteiger partial charge in [-0.2, -0.15) is 0 Å². The van der Waals surface area contributed by atoms with Crippen LogP contribution in [0.3, 0.4) is 0 Å². The summed E-state index contributed by atoms with van der Waals surface area (Å²) in [5.41, 5.74) is 0.799. The van der Waals surface area contributed by atoms with Crippen LogP contribution in [0.15, 0.2) is 29.9 Å². The molecule has 0 bridgehead atoms. The second-order valence-electron chi connectivity index (χ2n) is 4.90. The van der Waals surface area contributed by atoms with Crippen LogP contribution in [0.25, 0.3) is 10.2 Å². The number of carboxylic acids is 1. The van der Waals surface area contributed by atoms with Crippen LogP contribution in [0.5, 0.6) is 0 Å². The zero-order valence-electron chi connectivity index (χ0n) is 12.9. The summed E-state index contributed by atoms with van der Waals surface area (Å²) >= 11 is 7.18. The average Bonchev–Trinajstić information content (AvgIpc) is 3.02. The van der Waals surface area contributed by atoms with Gasteiger partial charge < -0.3 is 15.2 Å². The van der Waals surface area contributed by atoms with E-state index in [0.29, 0.717) is 27.3 Å². The minimum atomic E-state index is -1.13. The summed E-state index contributed by atoms with van der Waals surface area (Å²) in [6.07, 6.45) is 1.37. The van der Waals surface area contributed by atoms with Crippen LogP contribution < -0.4 is 5.32 Å². The number of hydrogen-bond donors (Lipinski definition) is 2. The normalized spacial score (nSPS) is 10.6. The molecule has 0 saturated heterocycles. The molecule has 0 aliphatic heterocycles. The highest BCUT2D eigenvalue weighted by Crippen LogP contribution is 2.32. The van der Waals surface area contributed by atoms with Gasteiger partial charge in [-0.1, -0.05) is 11.6 Å². The van der Waals surface area contributed by atoms with E-state index >= 15 is 0 Å². The monoisotopic (exact) mass is 377 g/mol. The topological polar surface area (TPSA) is 101 Å². The van der Waals surface area contributed by atoms with Gasteiger partial charge in [0, 0.05) is 11.1 Å². The zero-order chi connectivity index (χ0) is 18.0. The number of carboxylic acid groups (broad SMARTS) is 1. The molecule has 0 aliphatic rings. The van der Waals surface area contributed by atoms with Crippen molar-refractivity contribution in [1.29, 1.82) is 0 Å². The third kappa shape index (κ3) is 3.40. The molecular formula is C16H12ClN3O4S. The Hall–Kier alpha value is -2.71. The third-order valence-corrected chi connectivity index (χ3v) is 4.54. The SMILES string of the molecule is CCOC(=O)c1csc2ncnc(Nc3ccc(Cl)c(C(=O)O)c3)c12. The standard InChI is InChI=1S/C16H12ClN3O4S/c1-2-24-16(23)10-6-25-14-12(10)13(18-7-19-14)20-8-3-4-11(17)9(5-8)15(21)22/h3-7H,2H2,1H3,(H,21,22)(H,18,19,20). The van der Waals surface area contributed by atoms with Crippen molar-refractivity contribution in [2.24, 2.45) is 0 Å². The first kappa shape index (κ1) is 17.1. The van der Waals surface area contributed by atoms with Crippen LogP contribution in [0.4, 0.5) is 11.5 Å². The fraction of sp³-hybridized carbons (Fsp3) is 0.125. The second-order valence-corrected chi connectivity index (χ2v) is 6.16. The van der Waals surface area contributed by atoms with Crippen LogP contribution >= 0.6 is 22.9 Å². The van der Waals surface area contributed by atoms with Gasteiger partial charge in [-0.15, -0.1) is 11.3 Å². The van der Waals surface area contributed by atoms with Crippen molar-refractivity contribution in [3.05, 3.63) is 46.1 Å². The molecule has 25 heavy (non-hydrogen) atoms. The quantitative estimate of drug-likeness (QED) is 0.649. The molecule has 1 aromatic carbocycles. The molecule has 2 aromatic heterocycles. The molecule has 128 valence electrons. The van der Waals surface area contributed by atoms with Crippen LogP contribution in [0, 0.1) is 0 Å². The van der Waals surface area contributed by atoms with E-state index in [1.54, 1.807) is 18.4 Å². The maximum absolute atomic E-state index is 12.1. The second kappa shape index (κ2) is 7.04. The summed E-state index contributed by atoms with van der Waals surface area (Å²) in [5, 5.41) is 14.5. The summed E-state index contributed by atoms with van der Waals surface area (Å²) in [6, 6.07) is 4.50. The molecule has 3 aromatic rings. The summed E-state index contributed by atoms with van der Waals surface area (Å²) in [6.45, 7) is 1.98. The van der Waals surface area contributed by atoms with Gasteiger partial charge in [0.1, 0.15) is 17.0 Å². The Morgan fingerprint density at radius 3 is 2.84 bits per heavy atom. The van der Waals surface area contributed by atoms with E-state index in [0.717, 1.165) is 0 Å². The number of carbonyl (C=O) groups excluding carboxylic acids is 1. The molecule has 0 unspecified atom stereocenters. The largest absolute Gasteiger partial charge is 0.478 e. The van der Waals surface area contributed by atoms with E-state index in [1.807, 2.05) is 0 Å². The Morgan fingerprint density at radius 1 is 1.32 bits per heavy atom. The van der Waals surface area contributed by atoms with E-state index in [1.165, 1.54) is 29.8 Å². The highest BCUT2D eigenvalue weighted by Gasteiger charge is 2.19. The lowest BCUT2D eigenvalue weighted by Gasteiger charge is -2.09. The van der Waals surface area contributed by atoms with Crippen LogP contribution in [0.2, 0.25) is 5.02 Å². The highest BCUT2D eigenvalue weighted by atomic mass is 35.5. The van der Waals surface area contributed by atoms with Gasteiger partial charge in [0.05, 0.1) is 28.1 Å². The number of aromatic carboxylic acids is 1. The zero-order valence-corrected chi connectivity index (χ0v) is 14.5. The maximum Gasteiger partial charge on any atom is 0.339 e. The summed E-state index contributed by atoms with van der Waals surface area (Å²) in [5.74, 6) is -1.22. The Kier molecular flexibility index (Phi) is 4.82. The smallest absolute Gasteiger partial charge is 0.339 e. The Labute approximate surface area is 151 Å². The number of rotatable bonds is 5. The summed E-state index contributed by atoms with van der Waals surface area (Å²) in [7, 11) is 0. The first-order valence-electron chi connectivity index (χ1n) is 7.20. The van der Waals surface area contributed by atoms with Crippen molar-refractivity contribution in [3.63, 3.8) is 0 Å². The minimum absolute atomic E-state index is 0.0344. The van der Waals surface area contributed by atoms with E-state index in [4.69, 9.17) is 16.3 Å². The Bertz CT molecular complexity index is 973. The van der Waals surface area contributed by atoms with Crippen molar-refractivity contribution in [1.82, 2.24) is 9.97 Å². The van der Waals surface area contributed by atoms with Crippen molar-refractivity contribution < 1.29 is 19.4 Å². The van der Waals surface area contributed by atoms with Gasteiger partial charge in [0.25, 0.3) is 0 Å². The minimum Gasteiger partial charge on any atom is -0.478 e. The van der Waals surface area contributed by atoms with Gasteiger partial charge in [0.15, 0.2) is 0 Å². The maximum atomic E-state index is 12.1. The molecule has 0 spiro atoms. The average molecular weight is 378 g/mol. The molecule has 2 heterocycles. The number of benzene rings is 1. The van der Waals surface area contributed by atoms with Gasteiger partial charge >= 0.3 is 11.9 Å². The van der Waals surface area contributed by atoms with Gasteiger partial charge in [0.2, 0.25) is 0 Å². The molecule has 0 saturated carbocycles. The van der Waals surface area contributed by atoms with E-state index in [2.05, 4.69) is 15.3 Å². The van der Waals surface area contributed by atoms with Crippen LogP contribution in [-0.2, 0) is 4.74 Å². The summed E-state index contributed by atoms with van der Waals surface area (Å²) in [4.78, 5) is 32.3. The molecule has 0 atom stereocenters. The number of hydrogen-bond acceptors (Lipinski definition) is 7. The number of nitrogens with zero attached hydrogens (tertiary/aromatic N) is 2. The molecule has 7 nitrogen and oxygen atoms in total. The van der Waals surface area contributed by atoms with Crippen molar-refractivity contribution in [2.45, 2.75) is 6.92 Å². The number of ether oxygens (including phenoxy) is 1. The number of aromatic nitrogens is 2. The molecule has 2 N–H and O–H groups in total. The van der Waals surface area contributed by atoms with Crippen molar-refractivity contribution in [3.8, 4) is 0 Å². The molecule has 0 amide bonds. The predicted molar refractivity (Wildman–Crippen MR) is 95.1 cm³/mol. The third-order valence-electron chi connectivity index (χ3n) is 3.33. The van der Waals surface area contributed by atoms with Gasteiger partial charge in [-0.3, -0.25) is 0 Å². The number of anilines is 2. The van der Waals surface area contributed by atoms with E-state index in [9.17, 15) is 14.7 Å². The van der Waals surface area contributed by atoms with Gasteiger partial charge in [-0.25, -0.2) is 19.6 Å². The lowest BCUT2D eigenvalue weighted by Crippen LogP contribution is -2.05. The number of nitrogens with one attached hydrogen (secondary N) is 1. The molecule has 9 heteroatoms. The number of thiophene rings is 1. The number of esters is 1. The predicted octanol–water partition coefficient (Wildman–Crippen LogP) is 3.96. The molecule has 0 aliphatic carbocycles.